The molecule has 23 heavy (non-hydrogen) atoms. The third-order valence-electron chi connectivity index (χ3n) is 4.18. The zero-order valence-electron chi connectivity index (χ0n) is 14.0. The van der Waals surface area contributed by atoms with E-state index in [1.54, 1.807) is 0 Å². The van der Waals surface area contributed by atoms with Gasteiger partial charge in [-0.25, -0.2) is 4.79 Å². The number of rotatable bonds is 8. The topological polar surface area (TPSA) is 77.2 Å². The lowest BCUT2D eigenvalue weighted by atomic mass is 10.1. The minimum absolute atomic E-state index is 0.149. The molecule has 1 unspecified atom stereocenters. The molecule has 0 fully saturated rings. The molecular formula is C18H27N3O2. The van der Waals surface area contributed by atoms with E-state index >= 15 is 0 Å². The molecule has 0 aliphatic rings. The summed E-state index contributed by atoms with van der Waals surface area (Å²) >= 11 is 0. The van der Waals surface area contributed by atoms with Crippen molar-refractivity contribution in [1.82, 2.24) is 15.6 Å². The lowest BCUT2D eigenvalue weighted by molar-refractivity contribution is 0.234. The van der Waals surface area contributed by atoms with Crippen LogP contribution in [0.1, 0.15) is 31.4 Å². The molecule has 2 amide bonds. The summed E-state index contributed by atoms with van der Waals surface area (Å²) in [6, 6.07) is 6.20. The van der Waals surface area contributed by atoms with Gasteiger partial charge < -0.3 is 20.7 Å². The number of para-hydroxylation sites is 1. The van der Waals surface area contributed by atoms with Gasteiger partial charge in [-0.15, -0.1) is 0 Å². The lowest BCUT2D eigenvalue weighted by Gasteiger charge is -2.12. The van der Waals surface area contributed by atoms with Crippen LogP contribution in [0.4, 0.5) is 4.79 Å². The fourth-order valence-electron chi connectivity index (χ4n) is 2.74. The summed E-state index contributed by atoms with van der Waals surface area (Å²) in [5.41, 5.74) is 3.74. The van der Waals surface area contributed by atoms with Gasteiger partial charge >= 0.3 is 6.03 Å². The number of aliphatic hydroxyl groups is 1. The van der Waals surface area contributed by atoms with Crippen LogP contribution in [-0.4, -0.2) is 35.8 Å². The second kappa shape index (κ2) is 8.58. The number of carbonyl (C=O) groups is 1. The molecule has 0 spiro atoms. The monoisotopic (exact) mass is 317 g/mol. The van der Waals surface area contributed by atoms with Gasteiger partial charge in [-0.3, -0.25) is 0 Å². The van der Waals surface area contributed by atoms with Gasteiger partial charge in [-0.05, 0) is 36.3 Å². The van der Waals surface area contributed by atoms with Gasteiger partial charge in [-0.2, -0.15) is 0 Å². The van der Waals surface area contributed by atoms with Crippen LogP contribution >= 0.6 is 0 Å². The highest BCUT2D eigenvalue weighted by Crippen LogP contribution is 2.22. The van der Waals surface area contributed by atoms with Crippen molar-refractivity contribution < 1.29 is 9.90 Å². The van der Waals surface area contributed by atoms with E-state index in [0.717, 1.165) is 12.8 Å². The molecule has 0 aliphatic heterocycles. The minimum Gasteiger partial charge on any atom is -0.396 e. The molecular weight excluding hydrogens is 290 g/mol. The number of aliphatic hydroxyl groups excluding tert-OH is 1. The summed E-state index contributed by atoms with van der Waals surface area (Å²) in [5.74, 6) is 0.284. The molecule has 1 aromatic carbocycles. The summed E-state index contributed by atoms with van der Waals surface area (Å²) in [5, 5.41) is 15.8. The largest absolute Gasteiger partial charge is 0.396 e. The van der Waals surface area contributed by atoms with Crippen molar-refractivity contribution in [2.24, 2.45) is 5.92 Å². The van der Waals surface area contributed by atoms with E-state index in [2.05, 4.69) is 40.7 Å². The summed E-state index contributed by atoms with van der Waals surface area (Å²) < 4.78 is 0. The SMILES string of the molecule is CCc1cccc2c(CCNC(=O)NCC(C)CCO)c[nH]c12. The summed E-state index contributed by atoms with van der Waals surface area (Å²) in [6.07, 6.45) is 4.54. The van der Waals surface area contributed by atoms with Crippen molar-refractivity contribution >= 4 is 16.9 Å². The van der Waals surface area contributed by atoms with Crippen LogP contribution in [0.25, 0.3) is 10.9 Å². The number of aromatic amines is 1. The van der Waals surface area contributed by atoms with Gasteiger partial charge in [0.25, 0.3) is 0 Å². The number of benzene rings is 1. The van der Waals surface area contributed by atoms with Crippen LogP contribution in [-0.2, 0) is 12.8 Å². The fourth-order valence-corrected chi connectivity index (χ4v) is 2.74. The first-order valence-corrected chi connectivity index (χ1v) is 8.36. The average Bonchev–Trinajstić information content (AvgIpc) is 2.96. The quantitative estimate of drug-likeness (QED) is 0.604. The highest BCUT2D eigenvalue weighted by molar-refractivity contribution is 5.86. The Morgan fingerprint density at radius 3 is 2.87 bits per heavy atom. The molecule has 0 aliphatic carbocycles. The molecule has 5 nitrogen and oxygen atoms in total. The van der Waals surface area contributed by atoms with Gasteiger partial charge in [-0.1, -0.05) is 32.0 Å². The molecule has 0 bridgehead atoms. The zero-order valence-corrected chi connectivity index (χ0v) is 14.0. The van der Waals surface area contributed by atoms with E-state index in [-0.39, 0.29) is 18.6 Å². The van der Waals surface area contributed by atoms with E-state index in [4.69, 9.17) is 5.11 Å². The Bertz CT molecular complexity index is 636. The number of hydrogen-bond acceptors (Lipinski definition) is 2. The third-order valence-corrected chi connectivity index (χ3v) is 4.18. The molecule has 5 heteroatoms. The Hall–Kier alpha value is -2.01. The van der Waals surface area contributed by atoms with E-state index in [1.165, 1.54) is 22.0 Å². The van der Waals surface area contributed by atoms with Crippen LogP contribution in [0, 0.1) is 5.92 Å². The molecule has 2 aromatic rings. The lowest BCUT2D eigenvalue weighted by Crippen LogP contribution is -2.38. The number of fused-ring (bicyclic) bond motifs is 1. The molecule has 0 radical (unpaired) electrons. The van der Waals surface area contributed by atoms with Crippen molar-refractivity contribution in [3.05, 3.63) is 35.5 Å². The van der Waals surface area contributed by atoms with Crippen LogP contribution in [0.3, 0.4) is 0 Å². The van der Waals surface area contributed by atoms with Crippen molar-refractivity contribution in [1.29, 1.82) is 0 Å². The maximum atomic E-state index is 11.8. The van der Waals surface area contributed by atoms with E-state index in [1.807, 2.05) is 13.1 Å². The molecule has 0 saturated carbocycles. The number of H-pyrrole nitrogens is 1. The number of urea groups is 1. The number of aromatic nitrogens is 1. The molecule has 1 aromatic heterocycles. The van der Waals surface area contributed by atoms with Crippen molar-refractivity contribution in [2.75, 3.05) is 19.7 Å². The Kier molecular flexibility index (Phi) is 6.47. The number of hydrogen-bond donors (Lipinski definition) is 4. The standard InChI is InChI=1S/C18H27N3O2/c1-3-14-5-4-6-16-15(12-20-17(14)16)7-9-19-18(23)21-11-13(2)8-10-22/h4-6,12-13,20,22H,3,7-11H2,1-2H3,(H2,19,21,23). The van der Waals surface area contributed by atoms with Gasteiger partial charge in [0.2, 0.25) is 0 Å². The highest BCUT2D eigenvalue weighted by atomic mass is 16.3. The first-order chi connectivity index (χ1) is 11.2. The van der Waals surface area contributed by atoms with Gasteiger partial charge in [0.1, 0.15) is 0 Å². The highest BCUT2D eigenvalue weighted by Gasteiger charge is 2.08. The first-order valence-electron chi connectivity index (χ1n) is 8.36. The maximum Gasteiger partial charge on any atom is 0.314 e. The number of amides is 2. The second-order valence-corrected chi connectivity index (χ2v) is 6.01. The van der Waals surface area contributed by atoms with E-state index < -0.39 is 0 Å². The number of carbonyl (C=O) groups excluding carboxylic acids is 1. The molecule has 1 heterocycles. The zero-order chi connectivity index (χ0) is 16.7. The molecule has 0 saturated heterocycles. The Balaban J connectivity index is 1.81. The van der Waals surface area contributed by atoms with Crippen LogP contribution in [0.5, 0.6) is 0 Å². The van der Waals surface area contributed by atoms with Gasteiger partial charge in [0, 0.05) is 36.8 Å². The number of nitrogens with one attached hydrogen (secondary N) is 3. The van der Waals surface area contributed by atoms with Crippen molar-refractivity contribution in [3.8, 4) is 0 Å². The predicted octanol–water partition coefficient (Wildman–Crippen LogP) is 2.59. The number of aryl methyl sites for hydroxylation is 1. The average molecular weight is 317 g/mol. The maximum absolute atomic E-state index is 11.8. The minimum atomic E-state index is -0.149. The van der Waals surface area contributed by atoms with Crippen LogP contribution in [0.15, 0.2) is 24.4 Å². The third kappa shape index (κ3) is 4.73. The normalized spacial score (nSPS) is 12.3. The van der Waals surface area contributed by atoms with Crippen molar-refractivity contribution in [2.45, 2.75) is 33.1 Å². The van der Waals surface area contributed by atoms with Crippen molar-refractivity contribution in [3.63, 3.8) is 0 Å². The van der Waals surface area contributed by atoms with E-state index in [9.17, 15) is 4.79 Å². The summed E-state index contributed by atoms with van der Waals surface area (Å²) in [6.45, 7) is 5.50. The van der Waals surface area contributed by atoms with Crippen LogP contribution in [0.2, 0.25) is 0 Å². The molecule has 2 rings (SSSR count). The van der Waals surface area contributed by atoms with Crippen LogP contribution < -0.4 is 10.6 Å². The van der Waals surface area contributed by atoms with Gasteiger partial charge in [0.15, 0.2) is 0 Å². The smallest absolute Gasteiger partial charge is 0.314 e. The summed E-state index contributed by atoms with van der Waals surface area (Å²) in [7, 11) is 0. The summed E-state index contributed by atoms with van der Waals surface area (Å²) in [4.78, 5) is 15.1. The molecule has 1 atom stereocenters. The van der Waals surface area contributed by atoms with E-state index in [0.29, 0.717) is 19.5 Å². The van der Waals surface area contributed by atoms with Gasteiger partial charge in [0.05, 0.1) is 0 Å². The Morgan fingerprint density at radius 2 is 2.13 bits per heavy atom. The molecule has 4 N–H and O–H groups in total. The predicted molar refractivity (Wildman–Crippen MR) is 93.6 cm³/mol. The first kappa shape index (κ1) is 17.3. The molecule has 126 valence electrons. The fraction of sp³-hybridized carbons (Fsp3) is 0.500. The Morgan fingerprint density at radius 1 is 1.30 bits per heavy atom. The Labute approximate surface area is 137 Å². The second-order valence-electron chi connectivity index (χ2n) is 6.01.